The fourth-order valence-electron chi connectivity index (χ4n) is 2.01. The maximum absolute atomic E-state index is 5.38. The monoisotopic (exact) mass is 236 g/mol. The second kappa shape index (κ2) is 5.31. The van der Waals surface area contributed by atoms with E-state index in [-0.39, 0.29) is 0 Å². The highest BCUT2D eigenvalue weighted by molar-refractivity contribution is 5.43. The van der Waals surface area contributed by atoms with Crippen LogP contribution in [0.5, 0.6) is 0 Å². The van der Waals surface area contributed by atoms with Crippen molar-refractivity contribution in [1.82, 2.24) is 9.97 Å². The predicted molar refractivity (Wildman–Crippen MR) is 68.6 cm³/mol. The number of ether oxygens (including phenoxy) is 1. The van der Waals surface area contributed by atoms with Crippen molar-refractivity contribution in [3.05, 3.63) is 12.3 Å². The Kier molecular flexibility index (Phi) is 3.78. The minimum Gasteiger partial charge on any atom is -0.381 e. The van der Waals surface area contributed by atoms with Crippen LogP contribution in [-0.4, -0.2) is 50.4 Å². The van der Waals surface area contributed by atoms with Crippen LogP contribution in [0.25, 0.3) is 0 Å². The zero-order valence-electron chi connectivity index (χ0n) is 10.8. The van der Waals surface area contributed by atoms with Gasteiger partial charge < -0.3 is 14.5 Å². The first-order chi connectivity index (χ1) is 8.18. The summed E-state index contributed by atoms with van der Waals surface area (Å²) in [6, 6.07) is 2.48. The van der Waals surface area contributed by atoms with E-state index in [2.05, 4.69) is 21.9 Å². The van der Waals surface area contributed by atoms with Gasteiger partial charge in [-0.25, -0.2) is 4.98 Å². The highest BCUT2D eigenvalue weighted by Gasteiger charge is 2.19. The van der Waals surface area contributed by atoms with Gasteiger partial charge in [0, 0.05) is 46.6 Å². The average molecular weight is 236 g/mol. The normalized spacial score (nSPS) is 16.9. The number of aromatic nitrogens is 2. The van der Waals surface area contributed by atoms with Crippen molar-refractivity contribution in [2.24, 2.45) is 0 Å². The molecule has 1 aliphatic rings. The maximum atomic E-state index is 5.38. The Morgan fingerprint density at radius 3 is 2.59 bits per heavy atom. The van der Waals surface area contributed by atoms with Gasteiger partial charge in [-0.3, -0.25) is 0 Å². The van der Waals surface area contributed by atoms with E-state index in [0.717, 1.165) is 37.8 Å². The van der Waals surface area contributed by atoms with Crippen molar-refractivity contribution < 1.29 is 4.74 Å². The van der Waals surface area contributed by atoms with Gasteiger partial charge in [0.05, 0.1) is 0 Å². The van der Waals surface area contributed by atoms with Gasteiger partial charge in [0.2, 0.25) is 5.95 Å². The molecule has 1 aromatic rings. The predicted octanol–water partition coefficient (Wildman–Crippen LogP) is 1.16. The molecule has 94 valence electrons. The fourth-order valence-corrected chi connectivity index (χ4v) is 2.01. The number of anilines is 2. The van der Waals surface area contributed by atoms with Crippen LogP contribution in [0.3, 0.4) is 0 Å². The van der Waals surface area contributed by atoms with Crippen LogP contribution in [-0.2, 0) is 4.74 Å². The van der Waals surface area contributed by atoms with E-state index in [1.165, 1.54) is 0 Å². The molecule has 1 saturated heterocycles. The molecule has 0 bridgehead atoms. The molecular weight excluding hydrogens is 216 g/mol. The lowest BCUT2D eigenvalue weighted by Gasteiger charge is -2.32. The van der Waals surface area contributed by atoms with Gasteiger partial charge in [-0.2, -0.15) is 4.98 Å². The first-order valence-electron chi connectivity index (χ1n) is 5.99. The molecular formula is C12H20N4O. The van der Waals surface area contributed by atoms with Crippen molar-refractivity contribution >= 4 is 11.8 Å². The summed E-state index contributed by atoms with van der Waals surface area (Å²) < 4.78 is 5.38. The zero-order chi connectivity index (χ0) is 12.3. The number of hydrogen-bond acceptors (Lipinski definition) is 5. The van der Waals surface area contributed by atoms with E-state index < -0.39 is 0 Å². The van der Waals surface area contributed by atoms with Crippen molar-refractivity contribution in [3.8, 4) is 0 Å². The van der Waals surface area contributed by atoms with E-state index in [9.17, 15) is 0 Å². The molecule has 0 saturated carbocycles. The van der Waals surface area contributed by atoms with Gasteiger partial charge in [-0.1, -0.05) is 0 Å². The standard InChI is InChI=1S/C12H20N4O/c1-15(2)12-13-7-4-11(14-12)16(3)10-5-8-17-9-6-10/h4,7,10H,5-6,8-9H2,1-3H3. The van der Waals surface area contributed by atoms with Gasteiger partial charge in [0.15, 0.2) is 0 Å². The smallest absolute Gasteiger partial charge is 0.226 e. The number of nitrogens with zero attached hydrogens (tertiary/aromatic N) is 4. The van der Waals surface area contributed by atoms with Gasteiger partial charge >= 0.3 is 0 Å². The Balaban J connectivity index is 2.12. The lowest BCUT2D eigenvalue weighted by atomic mass is 10.1. The second-order valence-corrected chi connectivity index (χ2v) is 4.56. The highest BCUT2D eigenvalue weighted by Crippen LogP contribution is 2.20. The van der Waals surface area contributed by atoms with Crippen LogP contribution in [0.2, 0.25) is 0 Å². The molecule has 5 heteroatoms. The SMILES string of the molecule is CN(C)c1nccc(N(C)C2CCOCC2)n1. The molecule has 0 aromatic carbocycles. The van der Waals surface area contributed by atoms with E-state index >= 15 is 0 Å². The third-order valence-electron chi connectivity index (χ3n) is 3.13. The molecule has 0 unspecified atom stereocenters. The summed E-state index contributed by atoms with van der Waals surface area (Å²) in [7, 11) is 6.00. The average Bonchev–Trinajstić information content (AvgIpc) is 2.39. The summed E-state index contributed by atoms with van der Waals surface area (Å²) in [5, 5.41) is 0. The quantitative estimate of drug-likeness (QED) is 0.787. The highest BCUT2D eigenvalue weighted by atomic mass is 16.5. The molecule has 5 nitrogen and oxygen atoms in total. The molecule has 2 rings (SSSR count). The van der Waals surface area contributed by atoms with Crippen LogP contribution in [0.4, 0.5) is 11.8 Å². The third-order valence-corrected chi connectivity index (χ3v) is 3.13. The maximum Gasteiger partial charge on any atom is 0.226 e. The fraction of sp³-hybridized carbons (Fsp3) is 0.667. The Bertz CT molecular complexity index is 363. The molecule has 1 aromatic heterocycles. The topological polar surface area (TPSA) is 41.5 Å². The molecule has 2 heterocycles. The van der Waals surface area contributed by atoms with Crippen LogP contribution >= 0.6 is 0 Å². The molecule has 0 aliphatic carbocycles. The summed E-state index contributed by atoms with van der Waals surface area (Å²) in [6.07, 6.45) is 3.95. The Labute approximate surface area is 102 Å². The largest absolute Gasteiger partial charge is 0.381 e. The van der Waals surface area contributed by atoms with Crippen LogP contribution in [0.15, 0.2) is 12.3 Å². The van der Waals surface area contributed by atoms with Crippen molar-refractivity contribution in [2.75, 3.05) is 44.2 Å². The molecule has 1 fully saturated rings. The van der Waals surface area contributed by atoms with Crippen molar-refractivity contribution in [3.63, 3.8) is 0 Å². The summed E-state index contributed by atoms with van der Waals surface area (Å²) in [4.78, 5) is 12.9. The van der Waals surface area contributed by atoms with E-state index in [1.54, 1.807) is 0 Å². The van der Waals surface area contributed by atoms with E-state index in [1.807, 2.05) is 31.3 Å². The molecule has 0 atom stereocenters. The lowest BCUT2D eigenvalue weighted by molar-refractivity contribution is 0.0853. The summed E-state index contributed by atoms with van der Waals surface area (Å²) >= 11 is 0. The van der Waals surface area contributed by atoms with Gasteiger partial charge in [-0.05, 0) is 18.9 Å². The minimum absolute atomic E-state index is 0.522. The lowest BCUT2D eigenvalue weighted by Crippen LogP contribution is -2.37. The molecule has 0 amide bonds. The second-order valence-electron chi connectivity index (χ2n) is 4.56. The molecule has 0 radical (unpaired) electrons. The van der Waals surface area contributed by atoms with Gasteiger partial charge in [0.1, 0.15) is 5.82 Å². The molecule has 1 aliphatic heterocycles. The molecule has 17 heavy (non-hydrogen) atoms. The first-order valence-corrected chi connectivity index (χ1v) is 5.99. The third kappa shape index (κ3) is 2.85. The van der Waals surface area contributed by atoms with Crippen LogP contribution in [0, 0.1) is 0 Å². The minimum atomic E-state index is 0.522. The molecule has 0 N–H and O–H groups in total. The summed E-state index contributed by atoms with van der Waals surface area (Å²) in [5.41, 5.74) is 0. The van der Waals surface area contributed by atoms with Crippen molar-refractivity contribution in [2.45, 2.75) is 18.9 Å². The van der Waals surface area contributed by atoms with Crippen LogP contribution < -0.4 is 9.80 Å². The number of rotatable bonds is 3. The number of hydrogen-bond donors (Lipinski definition) is 0. The summed E-state index contributed by atoms with van der Waals surface area (Å²) in [5.74, 6) is 1.73. The molecule has 0 spiro atoms. The zero-order valence-corrected chi connectivity index (χ0v) is 10.8. The summed E-state index contributed by atoms with van der Waals surface area (Å²) in [6.45, 7) is 1.70. The van der Waals surface area contributed by atoms with E-state index in [4.69, 9.17) is 4.74 Å². The Morgan fingerprint density at radius 2 is 1.94 bits per heavy atom. The van der Waals surface area contributed by atoms with E-state index in [0.29, 0.717) is 6.04 Å². The van der Waals surface area contributed by atoms with Crippen molar-refractivity contribution in [1.29, 1.82) is 0 Å². The Morgan fingerprint density at radius 1 is 1.24 bits per heavy atom. The van der Waals surface area contributed by atoms with Gasteiger partial charge in [0.25, 0.3) is 0 Å². The van der Waals surface area contributed by atoms with Crippen LogP contribution in [0.1, 0.15) is 12.8 Å². The van der Waals surface area contributed by atoms with Gasteiger partial charge in [-0.15, -0.1) is 0 Å². The first kappa shape index (κ1) is 12.1. The Hall–Kier alpha value is -1.36.